The third kappa shape index (κ3) is 10.8. The minimum Gasteiger partial charge on any atom is -0.493 e. The maximum absolute atomic E-state index is 13.0. The molecular weight excluding hydrogens is 532 g/mol. The van der Waals surface area contributed by atoms with Crippen LogP contribution in [-0.2, 0) is 4.74 Å². The number of nitrogens with zero attached hydrogens (tertiary/aromatic N) is 2. The Balaban J connectivity index is 1.56. The molecule has 222 valence electrons. The van der Waals surface area contributed by atoms with Gasteiger partial charge in [-0.3, -0.25) is 0 Å². The van der Waals surface area contributed by atoms with Crippen LogP contribution < -0.4 is 14.2 Å². The Kier molecular flexibility index (Phi) is 13.8. The molecule has 8 nitrogen and oxygen atoms in total. The molecule has 42 heavy (non-hydrogen) atoms. The highest BCUT2D eigenvalue weighted by Gasteiger charge is 2.16. The van der Waals surface area contributed by atoms with Crippen LogP contribution in [0.15, 0.2) is 89.6 Å². The summed E-state index contributed by atoms with van der Waals surface area (Å²) in [5.41, 5.74) is 1.91. The number of carbonyl (C=O) groups excluding carboxylic acids is 2. The molecule has 0 amide bonds. The lowest BCUT2D eigenvalue weighted by Crippen LogP contribution is -2.11. The minimum absolute atomic E-state index is 0.243. The molecule has 0 fully saturated rings. The SMILES string of the molecule is C=CCOc1cc(OCCCCCCCC)ccc1C(=O)Oc1ccc(N=Nc2ccc(C(=O)OCCC)cc2)cc1. The van der Waals surface area contributed by atoms with Crippen LogP contribution in [0, 0.1) is 0 Å². The fourth-order valence-electron chi connectivity index (χ4n) is 3.90. The van der Waals surface area contributed by atoms with Crippen molar-refractivity contribution in [1.29, 1.82) is 0 Å². The number of benzene rings is 3. The van der Waals surface area contributed by atoms with Crippen molar-refractivity contribution < 1.29 is 28.5 Å². The first-order valence-electron chi connectivity index (χ1n) is 14.6. The fourth-order valence-corrected chi connectivity index (χ4v) is 3.90. The summed E-state index contributed by atoms with van der Waals surface area (Å²) >= 11 is 0. The van der Waals surface area contributed by atoms with Crippen LogP contribution in [0.1, 0.15) is 79.5 Å². The van der Waals surface area contributed by atoms with Gasteiger partial charge in [-0.2, -0.15) is 10.2 Å². The van der Waals surface area contributed by atoms with Crippen molar-refractivity contribution in [2.45, 2.75) is 58.8 Å². The lowest BCUT2D eigenvalue weighted by atomic mass is 10.1. The van der Waals surface area contributed by atoms with Gasteiger partial charge in [0, 0.05) is 6.07 Å². The summed E-state index contributed by atoms with van der Waals surface area (Å²) in [5.74, 6) is 0.448. The Morgan fingerprint density at radius 1 is 0.714 bits per heavy atom. The van der Waals surface area contributed by atoms with E-state index in [-0.39, 0.29) is 18.1 Å². The van der Waals surface area contributed by atoms with Gasteiger partial charge in [-0.25, -0.2) is 9.59 Å². The van der Waals surface area contributed by atoms with Crippen molar-refractivity contribution in [3.63, 3.8) is 0 Å². The average Bonchev–Trinajstić information content (AvgIpc) is 3.02. The first-order valence-corrected chi connectivity index (χ1v) is 14.6. The summed E-state index contributed by atoms with van der Waals surface area (Å²) < 4.78 is 22.3. The van der Waals surface area contributed by atoms with Gasteiger partial charge in [-0.05, 0) is 73.5 Å². The maximum atomic E-state index is 13.0. The number of ether oxygens (including phenoxy) is 4. The standard InChI is InChI=1S/C34H40N2O6/c1-4-7-8-9-10-11-24-39-30-20-21-31(32(25-30)40-22-5-2)34(38)42-29-18-16-28(17-19-29)36-35-27-14-12-26(13-15-27)33(37)41-23-6-3/h5,12-21,25H,2,4,6-11,22-24H2,1,3H3. The summed E-state index contributed by atoms with van der Waals surface area (Å²) in [6, 6.07) is 18.5. The van der Waals surface area contributed by atoms with E-state index in [9.17, 15) is 9.59 Å². The highest BCUT2D eigenvalue weighted by atomic mass is 16.5. The summed E-state index contributed by atoms with van der Waals surface area (Å²) in [4.78, 5) is 24.9. The minimum atomic E-state index is -0.552. The van der Waals surface area contributed by atoms with Crippen LogP contribution in [0.2, 0.25) is 0 Å². The van der Waals surface area contributed by atoms with Gasteiger partial charge in [0.05, 0.1) is 30.2 Å². The first kappa shape index (κ1) is 32.1. The van der Waals surface area contributed by atoms with E-state index in [0.717, 1.165) is 19.3 Å². The first-order chi connectivity index (χ1) is 20.5. The van der Waals surface area contributed by atoms with E-state index in [0.29, 0.717) is 47.4 Å². The lowest BCUT2D eigenvalue weighted by molar-refractivity contribution is 0.0504. The van der Waals surface area contributed by atoms with Crippen molar-refractivity contribution in [3.05, 3.63) is 90.5 Å². The van der Waals surface area contributed by atoms with Crippen LogP contribution in [0.3, 0.4) is 0 Å². The molecule has 0 aliphatic heterocycles. The van der Waals surface area contributed by atoms with Gasteiger partial charge < -0.3 is 18.9 Å². The average molecular weight is 573 g/mol. The van der Waals surface area contributed by atoms with Crippen molar-refractivity contribution in [1.82, 2.24) is 0 Å². The number of hydrogen-bond acceptors (Lipinski definition) is 8. The predicted molar refractivity (Wildman–Crippen MR) is 164 cm³/mol. The monoisotopic (exact) mass is 572 g/mol. The van der Waals surface area contributed by atoms with E-state index in [1.165, 1.54) is 25.7 Å². The van der Waals surface area contributed by atoms with Crippen LogP contribution in [0.25, 0.3) is 0 Å². The van der Waals surface area contributed by atoms with Gasteiger partial charge in [-0.1, -0.05) is 58.6 Å². The molecule has 0 aliphatic rings. The summed E-state index contributed by atoms with van der Waals surface area (Å²) in [5, 5.41) is 8.41. The molecule has 3 aromatic carbocycles. The molecule has 0 heterocycles. The van der Waals surface area contributed by atoms with Gasteiger partial charge in [-0.15, -0.1) is 0 Å². The molecular formula is C34H40N2O6. The lowest BCUT2D eigenvalue weighted by Gasteiger charge is -2.13. The van der Waals surface area contributed by atoms with E-state index >= 15 is 0 Å². The Morgan fingerprint density at radius 3 is 2.02 bits per heavy atom. The van der Waals surface area contributed by atoms with Gasteiger partial charge >= 0.3 is 11.9 Å². The smallest absolute Gasteiger partial charge is 0.347 e. The molecule has 0 N–H and O–H groups in total. The second-order valence-electron chi connectivity index (χ2n) is 9.64. The topological polar surface area (TPSA) is 95.8 Å². The van der Waals surface area contributed by atoms with Crippen molar-refractivity contribution in [2.24, 2.45) is 10.2 Å². The quantitative estimate of drug-likeness (QED) is 0.0496. The number of hydrogen-bond donors (Lipinski definition) is 0. The second kappa shape index (κ2) is 18.1. The highest BCUT2D eigenvalue weighted by Crippen LogP contribution is 2.28. The molecule has 0 aliphatic carbocycles. The highest BCUT2D eigenvalue weighted by molar-refractivity contribution is 5.94. The number of unbranched alkanes of at least 4 members (excludes halogenated alkanes) is 5. The summed E-state index contributed by atoms with van der Waals surface area (Å²) in [7, 11) is 0. The molecule has 0 atom stereocenters. The third-order valence-corrected chi connectivity index (χ3v) is 6.16. The number of rotatable bonds is 18. The van der Waals surface area contributed by atoms with Crippen LogP contribution in [-0.4, -0.2) is 31.8 Å². The number of esters is 2. The van der Waals surface area contributed by atoms with Crippen molar-refractivity contribution in [2.75, 3.05) is 19.8 Å². The maximum Gasteiger partial charge on any atom is 0.347 e. The molecule has 0 aromatic heterocycles. The molecule has 3 rings (SSSR count). The Labute approximate surface area is 248 Å². The zero-order valence-electron chi connectivity index (χ0n) is 24.6. The molecule has 0 radical (unpaired) electrons. The van der Waals surface area contributed by atoms with Crippen molar-refractivity contribution in [3.8, 4) is 17.2 Å². The summed E-state index contributed by atoms with van der Waals surface area (Å²) in [6.45, 7) is 9.07. The zero-order valence-corrected chi connectivity index (χ0v) is 24.6. The molecule has 0 saturated carbocycles. The van der Waals surface area contributed by atoms with Crippen LogP contribution in [0.5, 0.6) is 17.2 Å². The third-order valence-electron chi connectivity index (χ3n) is 6.16. The van der Waals surface area contributed by atoms with Crippen molar-refractivity contribution >= 4 is 23.3 Å². The molecule has 0 spiro atoms. The van der Waals surface area contributed by atoms with Crippen LogP contribution >= 0.6 is 0 Å². The fraction of sp³-hybridized carbons (Fsp3) is 0.353. The van der Waals surface area contributed by atoms with E-state index in [2.05, 4.69) is 23.7 Å². The Hall–Kier alpha value is -4.46. The van der Waals surface area contributed by atoms with E-state index < -0.39 is 5.97 Å². The second-order valence-corrected chi connectivity index (χ2v) is 9.64. The van der Waals surface area contributed by atoms with Crippen LogP contribution in [0.4, 0.5) is 11.4 Å². The molecule has 0 bridgehead atoms. The normalized spacial score (nSPS) is 10.8. The van der Waals surface area contributed by atoms with Gasteiger partial charge in [0.25, 0.3) is 0 Å². The molecule has 8 heteroatoms. The zero-order chi connectivity index (χ0) is 30.0. The Morgan fingerprint density at radius 2 is 1.36 bits per heavy atom. The van der Waals surface area contributed by atoms with Gasteiger partial charge in [0.2, 0.25) is 0 Å². The number of carbonyl (C=O) groups is 2. The van der Waals surface area contributed by atoms with E-state index in [4.69, 9.17) is 18.9 Å². The number of azo groups is 1. The Bertz CT molecular complexity index is 1300. The van der Waals surface area contributed by atoms with E-state index in [1.54, 1.807) is 72.8 Å². The van der Waals surface area contributed by atoms with Gasteiger partial charge in [0.1, 0.15) is 29.4 Å². The molecule has 0 unspecified atom stereocenters. The largest absolute Gasteiger partial charge is 0.493 e. The molecule has 3 aromatic rings. The predicted octanol–water partition coefficient (Wildman–Crippen LogP) is 9.19. The van der Waals surface area contributed by atoms with E-state index in [1.807, 2.05) is 6.92 Å². The summed E-state index contributed by atoms with van der Waals surface area (Å²) in [6.07, 6.45) is 9.47. The molecule has 0 saturated heterocycles. The van der Waals surface area contributed by atoms with Gasteiger partial charge in [0.15, 0.2) is 0 Å².